The van der Waals surface area contributed by atoms with Crippen molar-refractivity contribution in [3.63, 3.8) is 0 Å². The Bertz CT molecular complexity index is 548. The van der Waals surface area contributed by atoms with E-state index in [1.165, 1.54) is 0 Å². The van der Waals surface area contributed by atoms with Crippen molar-refractivity contribution in [2.45, 2.75) is 13.5 Å². The molecule has 1 aromatic carbocycles. The number of halogens is 1. The molecule has 0 spiro atoms. The highest BCUT2D eigenvalue weighted by molar-refractivity contribution is 6.30. The molecular weight excluding hydrogens is 268 g/mol. The van der Waals surface area contributed by atoms with Crippen LogP contribution in [0.15, 0.2) is 24.3 Å². The monoisotopic (exact) mass is 280 g/mol. The minimum Gasteiger partial charge on any atom is -0.464 e. The first-order chi connectivity index (χ1) is 9.17. The van der Waals surface area contributed by atoms with Gasteiger partial charge in [-0.05, 0) is 24.6 Å². The zero-order valence-corrected chi connectivity index (χ0v) is 11.1. The smallest absolute Gasteiger partial charge is 0.324 e. The Morgan fingerprint density at radius 2 is 1.68 bits per heavy atom. The molecule has 0 radical (unpaired) electrons. The molecule has 0 fully saturated rings. The summed E-state index contributed by atoms with van der Waals surface area (Å²) in [7, 11) is 0. The van der Waals surface area contributed by atoms with Crippen molar-refractivity contribution < 1.29 is 9.47 Å². The first kappa shape index (κ1) is 13.4. The summed E-state index contributed by atoms with van der Waals surface area (Å²) in [4.78, 5) is 11.7. The highest BCUT2D eigenvalue weighted by Gasteiger charge is 2.06. The van der Waals surface area contributed by atoms with Crippen molar-refractivity contribution in [1.29, 1.82) is 0 Å². The van der Waals surface area contributed by atoms with Crippen LogP contribution in [-0.2, 0) is 6.61 Å². The van der Waals surface area contributed by atoms with Crippen LogP contribution >= 0.6 is 11.6 Å². The topological polar surface area (TPSA) is 83.2 Å². The van der Waals surface area contributed by atoms with Gasteiger partial charge in [0.2, 0.25) is 5.95 Å². The van der Waals surface area contributed by atoms with E-state index in [1.807, 2.05) is 19.1 Å². The molecule has 100 valence electrons. The lowest BCUT2D eigenvalue weighted by Gasteiger charge is -2.06. The van der Waals surface area contributed by atoms with Gasteiger partial charge >= 0.3 is 12.0 Å². The van der Waals surface area contributed by atoms with Gasteiger partial charge in [-0.3, -0.25) is 0 Å². The quantitative estimate of drug-likeness (QED) is 0.903. The van der Waals surface area contributed by atoms with Crippen LogP contribution in [0.2, 0.25) is 5.02 Å². The molecule has 0 aliphatic heterocycles. The molecule has 1 aromatic heterocycles. The summed E-state index contributed by atoms with van der Waals surface area (Å²) < 4.78 is 10.6. The van der Waals surface area contributed by atoms with Crippen LogP contribution in [0.1, 0.15) is 12.5 Å². The van der Waals surface area contributed by atoms with E-state index < -0.39 is 0 Å². The van der Waals surface area contributed by atoms with Gasteiger partial charge < -0.3 is 15.2 Å². The molecule has 0 bridgehead atoms. The number of nitrogen functional groups attached to an aromatic ring is 1. The fourth-order valence-electron chi connectivity index (χ4n) is 1.34. The van der Waals surface area contributed by atoms with Gasteiger partial charge in [-0.25, -0.2) is 0 Å². The van der Waals surface area contributed by atoms with Gasteiger partial charge in [0.1, 0.15) is 6.61 Å². The van der Waals surface area contributed by atoms with Crippen molar-refractivity contribution in [3.05, 3.63) is 34.9 Å². The molecule has 2 aromatic rings. The Morgan fingerprint density at radius 1 is 1.05 bits per heavy atom. The molecule has 0 saturated heterocycles. The summed E-state index contributed by atoms with van der Waals surface area (Å²) in [5.41, 5.74) is 6.48. The van der Waals surface area contributed by atoms with Gasteiger partial charge in [-0.1, -0.05) is 23.7 Å². The van der Waals surface area contributed by atoms with E-state index in [9.17, 15) is 0 Å². The third-order valence-corrected chi connectivity index (χ3v) is 2.42. The lowest BCUT2D eigenvalue weighted by Crippen LogP contribution is -2.06. The Balaban J connectivity index is 2.04. The second-order valence-electron chi connectivity index (χ2n) is 3.61. The molecule has 7 heteroatoms. The number of anilines is 1. The Kier molecular flexibility index (Phi) is 4.35. The first-order valence-corrected chi connectivity index (χ1v) is 6.06. The van der Waals surface area contributed by atoms with Crippen LogP contribution in [0.5, 0.6) is 12.0 Å². The van der Waals surface area contributed by atoms with E-state index in [0.29, 0.717) is 18.2 Å². The van der Waals surface area contributed by atoms with Crippen molar-refractivity contribution in [2.24, 2.45) is 0 Å². The van der Waals surface area contributed by atoms with E-state index in [-0.39, 0.29) is 18.0 Å². The minimum absolute atomic E-state index is 0.0598. The van der Waals surface area contributed by atoms with E-state index in [0.717, 1.165) is 5.56 Å². The average molecular weight is 281 g/mol. The summed E-state index contributed by atoms with van der Waals surface area (Å²) >= 11 is 5.80. The van der Waals surface area contributed by atoms with E-state index in [2.05, 4.69) is 15.0 Å². The molecule has 19 heavy (non-hydrogen) atoms. The minimum atomic E-state index is 0.0598. The molecular formula is C12H13ClN4O2. The van der Waals surface area contributed by atoms with Gasteiger partial charge in [-0.15, -0.1) is 4.98 Å². The molecule has 2 rings (SSSR count). The number of nitrogens with two attached hydrogens (primary N) is 1. The van der Waals surface area contributed by atoms with Crippen LogP contribution < -0.4 is 15.2 Å². The van der Waals surface area contributed by atoms with Crippen LogP contribution in [0, 0.1) is 0 Å². The Morgan fingerprint density at radius 3 is 2.32 bits per heavy atom. The second-order valence-corrected chi connectivity index (χ2v) is 4.04. The highest BCUT2D eigenvalue weighted by atomic mass is 35.5. The molecule has 1 heterocycles. The number of ether oxygens (including phenoxy) is 2. The Labute approximate surface area is 115 Å². The number of hydrogen-bond donors (Lipinski definition) is 1. The fraction of sp³-hybridized carbons (Fsp3) is 0.250. The van der Waals surface area contributed by atoms with Crippen LogP contribution in [-0.4, -0.2) is 21.6 Å². The molecule has 0 aliphatic rings. The predicted octanol–water partition coefficient (Wildman–Crippen LogP) is 2.08. The molecule has 0 aliphatic carbocycles. The van der Waals surface area contributed by atoms with Gasteiger partial charge in [0.15, 0.2) is 0 Å². The Hall–Kier alpha value is -2.08. The van der Waals surface area contributed by atoms with Gasteiger partial charge in [0.25, 0.3) is 0 Å². The van der Waals surface area contributed by atoms with E-state index >= 15 is 0 Å². The molecule has 0 unspecified atom stereocenters. The maximum atomic E-state index is 5.80. The van der Waals surface area contributed by atoms with Gasteiger partial charge in [0, 0.05) is 5.02 Å². The maximum Gasteiger partial charge on any atom is 0.324 e. The average Bonchev–Trinajstić information content (AvgIpc) is 2.38. The van der Waals surface area contributed by atoms with E-state index in [4.69, 9.17) is 26.8 Å². The predicted molar refractivity (Wildman–Crippen MR) is 71.2 cm³/mol. The van der Waals surface area contributed by atoms with Crippen LogP contribution in [0.3, 0.4) is 0 Å². The lowest BCUT2D eigenvalue weighted by atomic mass is 10.2. The largest absolute Gasteiger partial charge is 0.464 e. The summed E-state index contributed by atoms with van der Waals surface area (Å²) in [6.07, 6.45) is 0. The van der Waals surface area contributed by atoms with Crippen molar-refractivity contribution in [2.75, 3.05) is 12.3 Å². The van der Waals surface area contributed by atoms with E-state index in [1.54, 1.807) is 12.1 Å². The summed E-state index contributed by atoms with van der Waals surface area (Å²) in [5.74, 6) is 0.0598. The van der Waals surface area contributed by atoms with Gasteiger partial charge in [-0.2, -0.15) is 9.97 Å². The van der Waals surface area contributed by atoms with Crippen molar-refractivity contribution >= 4 is 17.5 Å². The van der Waals surface area contributed by atoms with Crippen LogP contribution in [0.25, 0.3) is 0 Å². The van der Waals surface area contributed by atoms with Gasteiger partial charge in [0.05, 0.1) is 6.61 Å². The molecule has 6 nitrogen and oxygen atoms in total. The third kappa shape index (κ3) is 3.96. The number of nitrogens with zero attached hydrogens (tertiary/aromatic N) is 3. The molecule has 0 saturated carbocycles. The number of benzene rings is 1. The summed E-state index contributed by atoms with van der Waals surface area (Å²) in [6.45, 7) is 2.58. The zero-order valence-electron chi connectivity index (χ0n) is 10.3. The second kappa shape index (κ2) is 6.19. The van der Waals surface area contributed by atoms with Crippen LogP contribution in [0.4, 0.5) is 5.95 Å². The molecule has 2 N–H and O–H groups in total. The lowest BCUT2D eigenvalue weighted by molar-refractivity contribution is 0.262. The fourth-order valence-corrected chi connectivity index (χ4v) is 1.47. The summed E-state index contributed by atoms with van der Waals surface area (Å²) in [5, 5.41) is 0.673. The first-order valence-electron chi connectivity index (χ1n) is 5.69. The zero-order chi connectivity index (χ0) is 13.7. The third-order valence-electron chi connectivity index (χ3n) is 2.17. The molecule has 0 amide bonds. The number of aromatic nitrogens is 3. The summed E-state index contributed by atoms with van der Waals surface area (Å²) in [6, 6.07) is 7.57. The molecule has 0 atom stereocenters. The maximum absolute atomic E-state index is 5.80. The normalized spacial score (nSPS) is 10.2. The standard InChI is InChI=1S/C12H13ClN4O2/c1-2-18-11-15-10(14)16-12(17-11)19-7-8-3-5-9(13)6-4-8/h3-6H,2,7H2,1H3,(H2,14,15,16,17). The van der Waals surface area contributed by atoms with Crippen molar-refractivity contribution in [3.8, 4) is 12.0 Å². The number of rotatable bonds is 5. The van der Waals surface area contributed by atoms with Crippen molar-refractivity contribution in [1.82, 2.24) is 15.0 Å². The number of hydrogen-bond acceptors (Lipinski definition) is 6. The SMILES string of the molecule is CCOc1nc(N)nc(OCc2ccc(Cl)cc2)n1. The highest BCUT2D eigenvalue weighted by Crippen LogP contribution is 2.14.